The molecule has 0 fully saturated rings. The van der Waals surface area contributed by atoms with E-state index in [-0.39, 0.29) is 12.5 Å². The Kier molecular flexibility index (Phi) is 1.62. The fourth-order valence-electron chi connectivity index (χ4n) is 1.33. The number of benzene rings is 1. The van der Waals surface area contributed by atoms with Gasteiger partial charge in [-0.05, 0) is 12.1 Å². The van der Waals surface area contributed by atoms with Crippen LogP contribution in [0.3, 0.4) is 0 Å². The maximum absolute atomic E-state index is 11.2. The average Bonchev–Trinajstić information content (AvgIpc) is 2.12. The van der Waals surface area contributed by atoms with Gasteiger partial charge in [-0.1, -0.05) is 6.07 Å². The molecule has 1 amide bonds. The Morgan fingerprint density at radius 3 is 3.08 bits per heavy atom. The molecule has 0 aliphatic carbocycles. The molecule has 0 saturated heterocycles. The van der Waals surface area contributed by atoms with E-state index < -0.39 is 0 Å². The largest absolute Gasteiger partial charge is 0.479 e. The van der Waals surface area contributed by atoms with Gasteiger partial charge >= 0.3 is 0 Å². The number of likely N-dealkylation sites (N-methyl/N-ethyl adjacent to an activating group) is 1. The maximum Gasteiger partial charge on any atom is 0.264 e. The van der Waals surface area contributed by atoms with Crippen molar-refractivity contribution in [3.8, 4) is 5.75 Å². The number of carbonyl (C=O) groups is 1. The molecule has 2 rings (SSSR count). The quantitative estimate of drug-likeness (QED) is 0.592. The van der Waals surface area contributed by atoms with Crippen LogP contribution in [0.2, 0.25) is 0 Å². The number of anilines is 2. The van der Waals surface area contributed by atoms with Crippen molar-refractivity contribution in [2.75, 3.05) is 24.3 Å². The van der Waals surface area contributed by atoms with Crippen LogP contribution >= 0.6 is 0 Å². The number of fused-ring (bicyclic) bond motifs is 1. The molecule has 1 aliphatic rings. The van der Waals surface area contributed by atoms with Gasteiger partial charge in [0.15, 0.2) is 12.4 Å². The predicted molar refractivity (Wildman–Crippen MR) is 49.8 cm³/mol. The highest BCUT2D eigenvalue weighted by atomic mass is 16.5. The van der Waals surface area contributed by atoms with E-state index in [1.807, 2.05) is 6.07 Å². The van der Waals surface area contributed by atoms with Crippen LogP contribution in [-0.2, 0) is 4.79 Å². The van der Waals surface area contributed by atoms with Crippen molar-refractivity contribution in [3.63, 3.8) is 0 Å². The molecule has 1 aliphatic heterocycles. The number of nitrogens with zero attached hydrogens (tertiary/aromatic N) is 1. The number of rotatable bonds is 0. The first-order valence-corrected chi connectivity index (χ1v) is 3.98. The van der Waals surface area contributed by atoms with E-state index in [4.69, 9.17) is 10.5 Å². The van der Waals surface area contributed by atoms with Gasteiger partial charge in [-0.3, -0.25) is 4.79 Å². The lowest BCUT2D eigenvalue weighted by Crippen LogP contribution is -2.35. The van der Waals surface area contributed by atoms with Crippen molar-refractivity contribution in [1.82, 2.24) is 0 Å². The second kappa shape index (κ2) is 2.65. The standard InChI is InChI=1S/C9H10N2O2/c1-11-7-4-2-3-6(10)9(7)13-5-8(11)12/h2-4H,5,10H2,1H3. The predicted octanol–water partition coefficient (Wildman–Crippen LogP) is 0.624. The molecule has 4 nitrogen and oxygen atoms in total. The number of ether oxygens (including phenoxy) is 1. The molecule has 4 heteroatoms. The van der Waals surface area contributed by atoms with E-state index in [9.17, 15) is 4.79 Å². The molecule has 0 bridgehead atoms. The maximum atomic E-state index is 11.2. The van der Waals surface area contributed by atoms with Gasteiger partial charge < -0.3 is 15.4 Å². The van der Waals surface area contributed by atoms with Crippen LogP contribution in [0, 0.1) is 0 Å². The van der Waals surface area contributed by atoms with Gasteiger partial charge in [0.1, 0.15) is 0 Å². The van der Waals surface area contributed by atoms with Crippen molar-refractivity contribution in [1.29, 1.82) is 0 Å². The van der Waals surface area contributed by atoms with Gasteiger partial charge in [0.2, 0.25) is 0 Å². The Hall–Kier alpha value is -1.71. The van der Waals surface area contributed by atoms with Gasteiger partial charge in [0.25, 0.3) is 5.91 Å². The summed E-state index contributed by atoms with van der Waals surface area (Å²) >= 11 is 0. The number of nitrogen functional groups attached to an aromatic ring is 1. The Morgan fingerprint density at radius 1 is 1.54 bits per heavy atom. The van der Waals surface area contributed by atoms with Crippen LogP contribution in [0.4, 0.5) is 11.4 Å². The van der Waals surface area contributed by atoms with Crippen LogP contribution in [0.25, 0.3) is 0 Å². The monoisotopic (exact) mass is 178 g/mol. The molecule has 0 spiro atoms. The number of amides is 1. The first-order chi connectivity index (χ1) is 6.20. The van der Waals surface area contributed by atoms with Gasteiger partial charge in [-0.25, -0.2) is 0 Å². The summed E-state index contributed by atoms with van der Waals surface area (Å²) in [4.78, 5) is 12.8. The molecule has 0 unspecified atom stereocenters. The van der Waals surface area contributed by atoms with E-state index >= 15 is 0 Å². The van der Waals surface area contributed by atoms with Crippen molar-refractivity contribution < 1.29 is 9.53 Å². The summed E-state index contributed by atoms with van der Waals surface area (Å²) < 4.78 is 5.22. The first kappa shape index (κ1) is 7.91. The van der Waals surface area contributed by atoms with E-state index in [1.54, 1.807) is 24.1 Å². The summed E-state index contributed by atoms with van der Waals surface area (Å²) in [5, 5.41) is 0. The Bertz CT molecular complexity index is 363. The third-order valence-electron chi connectivity index (χ3n) is 2.10. The summed E-state index contributed by atoms with van der Waals surface area (Å²) in [6.45, 7) is 0.0672. The van der Waals surface area contributed by atoms with Gasteiger partial charge in [-0.15, -0.1) is 0 Å². The van der Waals surface area contributed by atoms with Crippen LogP contribution in [-0.4, -0.2) is 19.6 Å². The number of hydrogen-bond acceptors (Lipinski definition) is 3. The minimum absolute atomic E-state index is 0.0573. The highest BCUT2D eigenvalue weighted by Gasteiger charge is 2.23. The van der Waals surface area contributed by atoms with E-state index in [0.29, 0.717) is 11.4 Å². The van der Waals surface area contributed by atoms with E-state index in [1.165, 1.54) is 0 Å². The second-order valence-electron chi connectivity index (χ2n) is 2.94. The van der Waals surface area contributed by atoms with Crippen molar-refractivity contribution >= 4 is 17.3 Å². The molecular weight excluding hydrogens is 168 g/mol. The number of carbonyl (C=O) groups excluding carboxylic acids is 1. The highest BCUT2D eigenvalue weighted by Crippen LogP contribution is 2.35. The van der Waals surface area contributed by atoms with E-state index in [2.05, 4.69) is 0 Å². The third-order valence-corrected chi connectivity index (χ3v) is 2.10. The molecule has 0 radical (unpaired) electrons. The second-order valence-corrected chi connectivity index (χ2v) is 2.94. The van der Waals surface area contributed by atoms with Crippen molar-refractivity contribution in [3.05, 3.63) is 18.2 Å². The van der Waals surface area contributed by atoms with Gasteiger partial charge in [0.05, 0.1) is 11.4 Å². The molecule has 1 aromatic carbocycles. The van der Waals surface area contributed by atoms with Crippen LogP contribution in [0.5, 0.6) is 5.75 Å². The summed E-state index contributed by atoms with van der Waals surface area (Å²) in [7, 11) is 1.71. The highest BCUT2D eigenvalue weighted by molar-refractivity contribution is 5.98. The molecule has 0 saturated carbocycles. The molecule has 2 N–H and O–H groups in total. The van der Waals surface area contributed by atoms with Crippen LogP contribution in [0.15, 0.2) is 18.2 Å². The lowest BCUT2D eigenvalue weighted by atomic mass is 10.2. The number of hydrogen-bond donors (Lipinski definition) is 1. The minimum atomic E-state index is -0.0573. The number of para-hydroxylation sites is 1. The third kappa shape index (κ3) is 1.11. The van der Waals surface area contributed by atoms with Crippen molar-refractivity contribution in [2.45, 2.75) is 0 Å². The summed E-state index contributed by atoms with van der Waals surface area (Å²) in [5.74, 6) is 0.544. The SMILES string of the molecule is CN1C(=O)COc2c(N)cccc21. The van der Waals surface area contributed by atoms with Gasteiger partial charge in [0, 0.05) is 7.05 Å². The zero-order valence-electron chi connectivity index (χ0n) is 7.28. The van der Waals surface area contributed by atoms with E-state index in [0.717, 1.165) is 5.69 Å². The molecule has 13 heavy (non-hydrogen) atoms. The molecule has 0 atom stereocenters. The smallest absolute Gasteiger partial charge is 0.264 e. The molecular formula is C9H10N2O2. The number of nitrogens with two attached hydrogens (primary N) is 1. The fraction of sp³-hybridized carbons (Fsp3) is 0.222. The summed E-state index contributed by atoms with van der Waals surface area (Å²) in [6, 6.07) is 5.36. The lowest BCUT2D eigenvalue weighted by Gasteiger charge is -2.26. The molecule has 0 aromatic heterocycles. The zero-order chi connectivity index (χ0) is 9.42. The first-order valence-electron chi connectivity index (χ1n) is 3.98. The van der Waals surface area contributed by atoms with Crippen molar-refractivity contribution in [2.24, 2.45) is 0 Å². The Labute approximate surface area is 75.9 Å². The zero-order valence-corrected chi connectivity index (χ0v) is 7.28. The van der Waals surface area contributed by atoms with Crippen LogP contribution in [0.1, 0.15) is 0 Å². The topological polar surface area (TPSA) is 55.6 Å². The molecule has 68 valence electrons. The lowest BCUT2D eigenvalue weighted by molar-refractivity contribution is -0.120. The fourth-order valence-corrected chi connectivity index (χ4v) is 1.33. The Morgan fingerprint density at radius 2 is 2.31 bits per heavy atom. The van der Waals surface area contributed by atoms with Crippen LogP contribution < -0.4 is 15.4 Å². The Balaban J connectivity index is 2.55. The molecule has 1 heterocycles. The molecule has 1 aromatic rings. The normalized spacial score (nSPS) is 15.2. The average molecular weight is 178 g/mol. The minimum Gasteiger partial charge on any atom is -0.479 e. The summed E-state index contributed by atoms with van der Waals surface area (Å²) in [6.07, 6.45) is 0. The van der Waals surface area contributed by atoms with Gasteiger partial charge in [-0.2, -0.15) is 0 Å². The summed E-state index contributed by atoms with van der Waals surface area (Å²) in [5.41, 5.74) is 6.99.